The fraction of sp³-hybridized carbons (Fsp3) is 0.429. The normalized spacial score (nSPS) is 20.0. The lowest BCUT2D eigenvalue weighted by Gasteiger charge is -2.22. The molecule has 2 N–H and O–H groups in total. The molecule has 5 rings (SSSR count). The lowest BCUT2D eigenvalue weighted by Crippen LogP contribution is -2.30. The molecule has 0 aromatic carbocycles. The maximum Gasteiger partial charge on any atom is 0.220 e. The summed E-state index contributed by atoms with van der Waals surface area (Å²) in [4.78, 5) is 32.3. The number of carbonyl (C=O) groups excluding carboxylic acids is 1. The van der Waals surface area contributed by atoms with Crippen molar-refractivity contribution in [3.05, 3.63) is 35.5 Å². The van der Waals surface area contributed by atoms with E-state index in [1.54, 1.807) is 16.2 Å². The molecule has 0 saturated carbocycles. The van der Waals surface area contributed by atoms with E-state index in [-0.39, 0.29) is 17.4 Å². The molecule has 156 valence electrons. The number of aliphatic hydroxyl groups excluding tert-OH is 1. The van der Waals surface area contributed by atoms with Crippen molar-refractivity contribution in [1.82, 2.24) is 29.2 Å². The number of fused-ring (bicyclic) bond motifs is 3. The minimum atomic E-state index is -0.561. The Labute approximate surface area is 177 Å². The second-order valence-electron chi connectivity index (χ2n) is 8.87. The molecule has 1 aliphatic rings. The van der Waals surface area contributed by atoms with Crippen LogP contribution in [0.4, 0.5) is 0 Å². The molecule has 8 nitrogen and oxygen atoms in total. The number of hydrogen-bond donors (Lipinski definition) is 2. The first-order valence-electron chi connectivity index (χ1n) is 10.0. The maximum absolute atomic E-state index is 12.3. The van der Waals surface area contributed by atoms with E-state index in [1.807, 2.05) is 24.7 Å². The Morgan fingerprint density at radius 2 is 2.07 bits per heavy atom. The van der Waals surface area contributed by atoms with Crippen LogP contribution in [0.3, 0.4) is 0 Å². The van der Waals surface area contributed by atoms with Gasteiger partial charge in [0.15, 0.2) is 5.65 Å². The summed E-state index contributed by atoms with van der Waals surface area (Å²) in [7, 11) is 0. The standard InChI is InChI=1S/C21H24N6O2S/c1-11(28)26-10-12(29)7-14(26)19-25-17(16-9-24-20(30-16)21(2,3)4)15-8-23-18-13(27(15)19)5-6-22-18/h5-6,8-9,12,14,22,29H,7,10H2,1-4H3/t12-,14-/m1/s1. The van der Waals surface area contributed by atoms with Gasteiger partial charge in [-0.1, -0.05) is 20.8 Å². The Balaban J connectivity index is 1.76. The molecule has 2 atom stereocenters. The number of nitrogens with zero attached hydrogens (tertiary/aromatic N) is 5. The fourth-order valence-corrected chi connectivity index (χ4v) is 5.10. The molecule has 5 heterocycles. The summed E-state index contributed by atoms with van der Waals surface area (Å²) < 4.78 is 2.06. The van der Waals surface area contributed by atoms with Crippen LogP contribution in [-0.2, 0) is 10.2 Å². The highest BCUT2D eigenvalue weighted by Gasteiger charge is 2.37. The van der Waals surface area contributed by atoms with Crippen molar-refractivity contribution in [3.8, 4) is 10.6 Å². The van der Waals surface area contributed by atoms with Crippen molar-refractivity contribution < 1.29 is 9.90 Å². The lowest BCUT2D eigenvalue weighted by atomic mass is 9.98. The van der Waals surface area contributed by atoms with Gasteiger partial charge in [0.25, 0.3) is 0 Å². The summed E-state index contributed by atoms with van der Waals surface area (Å²) in [6, 6.07) is 1.66. The quantitative estimate of drug-likeness (QED) is 0.514. The van der Waals surface area contributed by atoms with Gasteiger partial charge in [-0.05, 0) is 6.07 Å². The van der Waals surface area contributed by atoms with Crippen LogP contribution in [0, 0.1) is 0 Å². The second kappa shape index (κ2) is 6.61. The molecule has 30 heavy (non-hydrogen) atoms. The maximum atomic E-state index is 12.3. The number of aliphatic hydroxyl groups is 1. The molecule has 1 aliphatic heterocycles. The number of β-amino-alcohol motifs (C(OH)–C–C–N with tert-alkyl or cyclic N) is 1. The van der Waals surface area contributed by atoms with E-state index in [2.05, 4.69) is 40.1 Å². The minimum Gasteiger partial charge on any atom is -0.391 e. The van der Waals surface area contributed by atoms with Gasteiger partial charge in [0.2, 0.25) is 5.91 Å². The SMILES string of the molecule is CC(=O)N1C[C@H](O)C[C@@H]1c1nc(-c2cnc(C(C)(C)C)s2)c2cnc3[nH]ccc3n12. The topological polar surface area (TPSA) is 99.4 Å². The Hall–Kier alpha value is -2.78. The molecule has 0 spiro atoms. The second-order valence-corrected chi connectivity index (χ2v) is 9.90. The average molecular weight is 425 g/mol. The van der Waals surface area contributed by atoms with Gasteiger partial charge in [0.05, 0.1) is 39.3 Å². The molecule has 4 aromatic rings. The minimum absolute atomic E-state index is 0.0472. The zero-order chi connectivity index (χ0) is 21.2. The average Bonchev–Trinajstić information content (AvgIpc) is 3.43. The van der Waals surface area contributed by atoms with Crippen molar-refractivity contribution >= 4 is 33.9 Å². The summed E-state index contributed by atoms with van der Waals surface area (Å²) in [6.45, 7) is 8.28. The van der Waals surface area contributed by atoms with Gasteiger partial charge < -0.3 is 15.0 Å². The first kappa shape index (κ1) is 19.2. The number of imidazole rings is 1. The first-order chi connectivity index (χ1) is 14.2. The summed E-state index contributed by atoms with van der Waals surface area (Å²) in [5.74, 6) is 0.673. The Kier molecular flexibility index (Phi) is 4.23. The third-order valence-electron chi connectivity index (χ3n) is 5.56. The van der Waals surface area contributed by atoms with Gasteiger partial charge in [-0.2, -0.15) is 0 Å². The fourth-order valence-electron chi connectivity index (χ4n) is 4.13. The number of nitrogens with one attached hydrogen (secondary N) is 1. The van der Waals surface area contributed by atoms with E-state index in [9.17, 15) is 9.90 Å². The van der Waals surface area contributed by atoms with E-state index >= 15 is 0 Å². The molecule has 0 aliphatic carbocycles. The van der Waals surface area contributed by atoms with E-state index in [1.165, 1.54) is 6.92 Å². The van der Waals surface area contributed by atoms with Crippen LogP contribution in [0.2, 0.25) is 0 Å². The number of aromatic amines is 1. The van der Waals surface area contributed by atoms with Crippen molar-refractivity contribution in [3.63, 3.8) is 0 Å². The first-order valence-corrected chi connectivity index (χ1v) is 10.8. The summed E-state index contributed by atoms with van der Waals surface area (Å²) in [5.41, 5.74) is 3.27. The number of H-pyrrole nitrogens is 1. The molecule has 1 fully saturated rings. The van der Waals surface area contributed by atoms with Gasteiger partial charge in [0, 0.05) is 37.7 Å². The highest BCUT2D eigenvalue weighted by molar-refractivity contribution is 7.15. The monoisotopic (exact) mass is 424 g/mol. The summed E-state index contributed by atoms with van der Waals surface area (Å²) >= 11 is 1.63. The van der Waals surface area contributed by atoms with Crippen LogP contribution >= 0.6 is 11.3 Å². The highest BCUT2D eigenvalue weighted by atomic mass is 32.1. The number of rotatable bonds is 2. The number of hydrogen-bond acceptors (Lipinski definition) is 6. The van der Waals surface area contributed by atoms with E-state index < -0.39 is 6.10 Å². The largest absolute Gasteiger partial charge is 0.391 e. The van der Waals surface area contributed by atoms with Crippen molar-refractivity contribution in [2.45, 2.75) is 51.7 Å². The van der Waals surface area contributed by atoms with Crippen molar-refractivity contribution in [2.24, 2.45) is 0 Å². The third kappa shape index (κ3) is 2.92. The smallest absolute Gasteiger partial charge is 0.220 e. The number of carbonyl (C=O) groups is 1. The predicted molar refractivity (Wildman–Crippen MR) is 115 cm³/mol. The predicted octanol–water partition coefficient (Wildman–Crippen LogP) is 3.29. The number of aromatic nitrogens is 5. The molecular weight excluding hydrogens is 400 g/mol. The van der Waals surface area contributed by atoms with Gasteiger partial charge in [-0.3, -0.25) is 9.20 Å². The zero-order valence-corrected chi connectivity index (χ0v) is 18.2. The third-order valence-corrected chi connectivity index (χ3v) is 6.99. The van der Waals surface area contributed by atoms with Gasteiger partial charge in [-0.25, -0.2) is 15.0 Å². The van der Waals surface area contributed by atoms with Gasteiger partial charge in [0.1, 0.15) is 11.5 Å². The molecule has 0 bridgehead atoms. The molecule has 0 unspecified atom stereocenters. The molecule has 9 heteroatoms. The molecule has 1 amide bonds. The van der Waals surface area contributed by atoms with Crippen LogP contribution in [0.25, 0.3) is 27.3 Å². The van der Waals surface area contributed by atoms with Crippen molar-refractivity contribution in [1.29, 1.82) is 0 Å². The summed E-state index contributed by atoms with van der Waals surface area (Å²) in [5, 5.41) is 11.3. The van der Waals surface area contributed by atoms with Crippen LogP contribution in [0.5, 0.6) is 0 Å². The number of amides is 1. The van der Waals surface area contributed by atoms with Crippen LogP contribution in [0.15, 0.2) is 24.7 Å². The summed E-state index contributed by atoms with van der Waals surface area (Å²) in [6.07, 6.45) is 5.42. The lowest BCUT2D eigenvalue weighted by molar-refractivity contribution is -0.130. The molecule has 0 radical (unpaired) electrons. The van der Waals surface area contributed by atoms with Crippen LogP contribution in [0.1, 0.15) is 51.0 Å². The number of thiazole rings is 1. The molecular formula is C21H24N6O2S. The zero-order valence-electron chi connectivity index (χ0n) is 17.4. The van der Waals surface area contributed by atoms with Crippen LogP contribution in [-0.4, -0.2) is 52.9 Å². The Morgan fingerprint density at radius 3 is 2.77 bits per heavy atom. The van der Waals surface area contributed by atoms with Gasteiger partial charge in [-0.15, -0.1) is 11.3 Å². The van der Waals surface area contributed by atoms with Crippen molar-refractivity contribution in [2.75, 3.05) is 6.54 Å². The Bertz CT molecular complexity index is 1260. The highest BCUT2D eigenvalue weighted by Crippen LogP contribution is 2.39. The van der Waals surface area contributed by atoms with Crippen LogP contribution < -0.4 is 0 Å². The van der Waals surface area contributed by atoms with E-state index in [4.69, 9.17) is 4.98 Å². The number of likely N-dealkylation sites (tertiary alicyclic amines) is 1. The Morgan fingerprint density at radius 1 is 1.27 bits per heavy atom. The molecule has 4 aromatic heterocycles. The van der Waals surface area contributed by atoms with E-state index in [0.29, 0.717) is 13.0 Å². The van der Waals surface area contributed by atoms with E-state index in [0.717, 1.165) is 38.1 Å². The molecule has 1 saturated heterocycles. The van der Waals surface area contributed by atoms with Gasteiger partial charge >= 0.3 is 0 Å².